The number of hydrogen-bond donors (Lipinski definition) is 2. The van der Waals surface area contributed by atoms with Crippen LogP contribution in [0.1, 0.15) is 29.4 Å². The summed E-state index contributed by atoms with van der Waals surface area (Å²) >= 11 is 0. The molecule has 1 aromatic heterocycles. The van der Waals surface area contributed by atoms with E-state index in [1.807, 2.05) is 0 Å². The van der Waals surface area contributed by atoms with Crippen LogP contribution in [0.5, 0.6) is 0 Å². The molecule has 1 fully saturated rings. The Morgan fingerprint density at radius 3 is 2.95 bits per heavy atom. The van der Waals surface area contributed by atoms with Gasteiger partial charge >= 0.3 is 0 Å². The molecule has 1 amide bonds. The molecule has 0 spiro atoms. The minimum absolute atomic E-state index is 0.168. The fourth-order valence-electron chi connectivity index (χ4n) is 2.32. The fourth-order valence-corrected chi connectivity index (χ4v) is 2.32. The summed E-state index contributed by atoms with van der Waals surface area (Å²) in [6, 6.07) is 0.320. The van der Waals surface area contributed by atoms with Crippen molar-refractivity contribution >= 4 is 5.91 Å². The molecule has 0 saturated carbocycles. The van der Waals surface area contributed by atoms with E-state index < -0.39 is 0 Å². The highest BCUT2D eigenvalue weighted by Gasteiger charge is 2.19. The van der Waals surface area contributed by atoms with Gasteiger partial charge in [0.15, 0.2) is 5.69 Å². The predicted octanol–water partition coefficient (Wildman–Crippen LogP) is -0.406. The van der Waals surface area contributed by atoms with Gasteiger partial charge in [-0.1, -0.05) is 5.21 Å². The number of aromatic nitrogens is 3. The fraction of sp³-hybridized carbons (Fsp3) is 0.769. The highest BCUT2D eigenvalue weighted by Crippen LogP contribution is 2.16. The van der Waals surface area contributed by atoms with Gasteiger partial charge in [0.1, 0.15) is 0 Å². The number of carbonyl (C=O) groups is 1. The lowest BCUT2D eigenvalue weighted by Crippen LogP contribution is -2.35. The van der Waals surface area contributed by atoms with Crippen molar-refractivity contribution in [1.82, 2.24) is 25.6 Å². The third-order valence-electron chi connectivity index (χ3n) is 3.60. The minimum Gasteiger partial charge on any atom is -0.382 e. The topological polar surface area (TPSA) is 90.3 Å². The number of methoxy groups -OCH3 is 2. The number of rotatable bonds is 7. The monoisotopic (exact) mass is 297 g/mol. The van der Waals surface area contributed by atoms with Crippen molar-refractivity contribution < 1.29 is 14.3 Å². The summed E-state index contributed by atoms with van der Waals surface area (Å²) in [4.78, 5) is 12.0. The highest BCUT2D eigenvalue weighted by atomic mass is 16.5. The van der Waals surface area contributed by atoms with Crippen LogP contribution in [-0.4, -0.2) is 67.5 Å². The first-order chi connectivity index (χ1) is 10.2. The zero-order valence-electron chi connectivity index (χ0n) is 12.5. The molecular weight excluding hydrogens is 274 g/mol. The van der Waals surface area contributed by atoms with E-state index in [1.54, 1.807) is 25.1 Å². The Hall–Kier alpha value is -1.51. The van der Waals surface area contributed by atoms with Crippen LogP contribution in [0.3, 0.4) is 0 Å². The largest absolute Gasteiger partial charge is 0.382 e. The van der Waals surface area contributed by atoms with Crippen LogP contribution in [0.4, 0.5) is 0 Å². The van der Waals surface area contributed by atoms with E-state index >= 15 is 0 Å². The van der Waals surface area contributed by atoms with E-state index in [0.29, 0.717) is 24.9 Å². The predicted molar refractivity (Wildman–Crippen MR) is 76.2 cm³/mol. The molecule has 2 N–H and O–H groups in total. The van der Waals surface area contributed by atoms with Crippen molar-refractivity contribution in [2.45, 2.75) is 25.0 Å². The average Bonchev–Trinajstić information content (AvgIpc) is 3.02. The molecule has 0 radical (unpaired) electrons. The first-order valence-corrected chi connectivity index (χ1v) is 7.17. The summed E-state index contributed by atoms with van der Waals surface area (Å²) in [5.74, 6) is -0.242. The van der Waals surface area contributed by atoms with E-state index in [1.165, 1.54) is 0 Å². The summed E-state index contributed by atoms with van der Waals surface area (Å²) in [6.07, 6.45) is 3.55. The average molecular weight is 297 g/mol. The van der Waals surface area contributed by atoms with Gasteiger partial charge in [0.25, 0.3) is 5.91 Å². The molecular formula is C13H23N5O3. The maximum Gasteiger partial charge on any atom is 0.273 e. The van der Waals surface area contributed by atoms with Gasteiger partial charge in [-0.25, -0.2) is 4.68 Å². The molecule has 0 aromatic carbocycles. The first-order valence-electron chi connectivity index (χ1n) is 7.17. The first kappa shape index (κ1) is 15.9. The molecule has 0 aliphatic carbocycles. The second-order valence-electron chi connectivity index (χ2n) is 5.09. The van der Waals surface area contributed by atoms with Crippen LogP contribution < -0.4 is 10.6 Å². The summed E-state index contributed by atoms with van der Waals surface area (Å²) in [5, 5.41) is 14.1. The van der Waals surface area contributed by atoms with Gasteiger partial charge in [0.2, 0.25) is 0 Å². The lowest BCUT2D eigenvalue weighted by atomic mass is 10.1. The van der Waals surface area contributed by atoms with Crippen molar-refractivity contribution in [2.24, 2.45) is 0 Å². The molecule has 1 aliphatic rings. The molecule has 1 aromatic rings. The number of nitrogens with one attached hydrogen (secondary N) is 2. The Labute approximate surface area is 124 Å². The Kier molecular flexibility index (Phi) is 6.09. The zero-order valence-corrected chi connectivity index (χ0v) is 12.5. The summed E-state index contributed by atoms with van der Waals surface area (Å²) in [7, 11) is 3.18. The molecule has 2 rings (SSSR count). The van der Waals surface area contributed by atoms with Gasteiger partial charge < -0.3 is 20.1 Å². The van der Waals surface area contributed by atoms with Crippen LogP contribution in [0.2, 0.25) is 0 Å². The second-order valence-corrected chi connectivity index (χ2v) is 5.09. The van der Waals surface area contributed by atoms with Crippen LogP contribution >= 0.6 is 0 Å². The van der Waals surface area contributed by atoms with Crippen LogP contribution in [-0.2, 0) is 9.47 Å². The van der Waals surface area contributed by atoms with E-state index in [2.05, 4.69) is 20.9 Å². The standard InChI is InChI=1S/C13H23N5O3/c1-20-9-11(21-2)7-15-13(19)12-8-18(17-16-12)10-3-5-14-6-4-10/h8,10-11,14H,3-7,9H2,1-2H3,(H,15,19). The van der Waals surface area contributed by atoms with Gasteiger partial charge in [-0.2, -0.15) is 0 Å². The van der Waals surface area contributed by atoms with Gasteiger partial charge in [0, 0.05) is 20.8 Å². The van der Waals surface area contributed by atoms with Gasteiger partial charge in [-0.05, 0) is 25.9 Å². The summed E-state index contributed by atoms with van der Waals surface area (Å²) in [6.45, 7) is 2.75. The molecule has 2 heterocycles. The number of nitrogens with zero attached hydrogens (tertiary/aromatic N) is 3. The van der Waals surface area contributed by atoms with E-state index in [9.17, 15) is 4.79 Å². The van der Waals surface area contributed by atoms with Crippen molar-refractivity contribution in [3.05, 3.63) is 11.9 Å². The Morgan fingerprint density at radius 1 is 1.52 bits per heavy atom. The quantitative estimate of drug-likeness (QED) is 0.711. The smallest absolute Gasteiger partial charge is 0.273 e. The molecule has 1 saturated heterocycles. The summed E-state index contributed by atoms with van der Waals surface area (Å²) in [5.41, 5.74) is 0.334. The van der Waals surface area contributed by atoms with Gasteiger partial charge in [0.05, 0.1) is 24.9 Å². The second kappa shape index (κ2) is 8.06. The van der Waals surface area contributed by atoms with Crippen LogP contribution in [0.15, 0.2) is 6.20 Å². The highest BCUT2D eigenvalue weighted by molar-refractivity contribution is 5.91. The maximum atomic E-state index is 12.0. The van der Waals surface area contributed by atoms with E-state index in [0.717, 1.165) is 25.9 Å². The number of carbonyl (C=O) groups excluding carboxylic acids is 1. The normalized spacial score (nSPS) is 17.6. The SMILES string of the molecule is COCC(CNC(=O)c1cn(C2CCNCC2)nn1)OC. The molecule has 21 heavy (non-hydrogen) atoms. The third kappa shape index (κ3) is 4.48. The minimum atomic E-state index is -0.242. The number of amides is 1. The van der Waals surface area contributed by atoms with Gasteiger partial charge in [-0.3, -0.25) is 4.79 Å². The van der Waals surface area contributed by atoms with E-state index in [-0.39, 0.29) is 12.0 Å². The number of piperidine rings is 1. The van der Waals surface area contributed by atoms with E-state index in [4.69, 9.17) is 9.47 Å². The molecule has 1 aliphatic heterocycles. The van der Waals surface area contributed by atoms with Crippen molar-refractivity contribution in [1.29, 1.82) is 0 Å². The molecule has 1 unspecified atom stereocenters. The van der Waals surface area contributed by atoms with Crippen LogP contribution in [0, 0.1) is 0 Å². The zero-order chi connectivity index (χ0) is 15.1. The Morgan fingerprint density at radius 2 is 2.29 bits per heavy atom. The lowest BCUT2D eigenvalue weighted by molar-refractivity contribution is 0.0285. The lowest BCUT2D eigenvalue weighted by Gasteiger charge is -2.22. The number of ether oxygens (including phenoxy) is 2. The molecule has 118 valence electrons. The maximum absolute atomic E-state index is 12.0. The van der Waals surface area contributed by atoms with Crippen LogP contribution in [0.25, 0.3) is 0 Å². The van der Waals surface area contributed by atoms with Crippen molar-refractivity contribution in [3.63, 3.8) is 0 Å². The molecule has 1 atom stereocenters. The Bertz CT molecular complexity index is 445. The third-order valence-corrected chi connectivity index (χ3v) is 3.60. The Balaban J connectivity index is 1.86. The molecule has 8 nitrogen and oxygen atoms in total. The number of hydrogen-bond acceptors (Lipinski definition) is 6. The molecule has 8 heteroatoms. The van der Waals surface area contributed by atoms with Crippen molar-refractivity contribution in [2.75, 3.05) is 40.5 Å². The van der Waals surface area contributed by atoms with Crippen molar-refractivity contribution in [3.8, 4) is 0 Å². The van der Waals surface area contributed by atoms with Gasteiger partial charge in [-0.15, -0.1) is 5.10 Å². The molecule has 0 bridgehead atoms. The summed E-state index contributed by atoms with van der Waals surface area (Å²) < 4.78 is 12.0.